The van der Waals surface area contributed by atoms with Gasteiger partial charge < -0.3 is 14.8 Å². The first-order valence-electron chi connectivity index (χ1n) is 6.61. The zero-order chi connectivity index (χ0) is 15.4. The molecule has 6 nitrogen and oxygen atoms in total. The van der Waals surface area contributed by atoms with Gasteiger partial charge >= 0.3 is 6.03 Å². The van der Waals surface area contributed by atoms with Crippen molar-refractivity contribution in [1.82, 2.24) is 14.5 Å². The molecule has 2 aromatic rings. The van der Waals surface area contributed by atoms with E-state index >= 15 is 0 Å². The van der Waals surface area contributed by atoms with Crippen LogP contribution in [0.5, 0.6) is 0 Å². The van der Waals surface area contributed by atoms with E-state index in [1.807, 2.05) is 25.1 Å². The number of aromatic nitrogens is 2. The molecule has 0 radical (unpaired) electrons. The SMILES string of the molecule is C[C@@H](c1ccccn1)N(C)C(=O)Nc1cccn(C)c1=O. The minimum atomic E-state index is -0.351. The Bertz CT molecular complexity index is 682. The maximum Gasteiger partial charge on any atom is 0.322 e. The van der Waals surface area contributed by atoms with Crippen molar-refractivity contribution in [3.63, 3.8) is 0 Å². The van der Waals surface area contributed by atoms with Crippen molar-refractivity contribution in [1.29, 1.82) is 0 Å². The van der Waals surface area contributed by atoms with E-state index in [2.05, 4.69) is 10.3 Å². The van der Waals surface area contributed by atoms with E-state index in [9.17, 15) is 9.59 Å². The number of carbonyl (C=O) groups is 1. The standard InChI is InChI=1S/C15H18N4O2/c1-11(12-7-4-5-9-16-12)19(3)15(21)17-13-8-6-10-18(2)14(13)20/h4-11H,1-3H3,(H,17,21)/t11-/m0/s1. The minimum Gasteiger partial charge on any atom is -0.319 e. The zero-order valence-corrected chi connectivity index (χ0v) is 12.3. The Hall–Kier alpha value is -2.63. The lowest BCUT2D eigenvalue weighted by Crippen LogP contribution is -2.36. The topological polar surface area (TPSA) is 67.2 Å². The van der Waals surface area contributed by atoms with Gasteiger partial charge in [0, 0.05) is 26.5 Å². The molecule has 0 bridgehead atoms. The van der Waals surface area contributed by atoms with Crippen molar-refractivity contribution in [3.05, 3.63) is 58.8 Å². The Morgan fingerprint density at radius 1 is 1.33 bits per heavy atom. The lowest BCUT2D eigenvalue weighted by atomic mass is 10.2. The number of hydrogen-bond acceptors (Lipinski definition) is 3. The van der Waals surface area contributed by atoms with E-state index in [0.29, 0.717) is 0 Å². The largest absolute Gasteiger partial charge is 0.322 e. The first kappa shape index (κ1) is 14.8. The molecule has 0 aliphatic carbocycles. The van der Waals surface area contributed by atoms with Gasteiger partial charge in [0.25, 0.3) is 5.56 Å². The van der Waals surface area contributed by atoms with Gasteiger partial charge in [-0.15, -0.1) is 0 Å². The maximum absolute atomic E-state index is 12.2. The number of rotatable bonds is 3. The molecule has 6 heteroatoms. The van der Waals surface area contributed by atoms with Gasteiger partial charge in [-0.1, -0.05) is 6.07 Å². The van der Waals surface area contributed by atoms with E-state index in [4.69, 9.17) is 0 Å². The monoisotopic (exact) mass is 286 g/mol. The van der Waals surface area contributed by atoms with Crippen molar-refractivity contribution in [2.75, 3.05) is 12.4 Å². The van der Waals surface area contributed by atoms with E-state index in [1.54, 1.807) is 38.6 Å². The second-order valence-electron chi connectivity index (χ2n) is 4.81. The van der Waals surface area contributed by atoms with Gasteiger partial charge in [0.05, 0.1) is 11.7 Å². The fourth-order valence-electron chi connectivity index (χ4n) is 1.89. The Labute approximate surface area is 123 Å². The summed E-state index contributed by atoms with van der Waals surface area (Å²) in [6.45, 7) is 1.88. The predicted molar refractivity (Wildman–Crippen MR) is 81.1 cm³/mol. The normalized spacial score (nSPS) is 11.8. The highest BCUT2D eigenvalue weighted by Gasteiger charge is 2.19. The summed E-state index contributed by atoms with van der Waals surface area (Å²) in [6, 6.07) is 8.30. The predicted octanol–water partition coefficient (Wildman–Crippen LogP) is 2.01. The zero-order valence-electron chi connectivity index (χ0n) is 12.3. The van der Waals surface area contributed by atoms with Gasteiger partial charge in [-0.25, -0.2) is 4.79 Å². The molecule has 0 fully saturated rings. The van der Waals surface area contributed by atoms with E-state index < -0.39 is 0 Å². The molecule has 2 aromatic heterocycles. The van der Waals surface area contributed by atoms with E-state index in [-0.39, 0.29) is 23.3 Å². The molecule has 21 heavy (non-hydrogen) atoms. The molecule has 0 saturated carbocycles. The van der Waals surface area contributed by atoms with E-state index in [0.717, 1.165) is 5.69 Å². The Morgan fingerprint density at radius 3 is 2.76 bits per heavy atom. The highest BCUT2D eigenvalue weighted by atomic mass is 16.2. The lowest BCUT2D eigenvalue weighted by molar-refractivity contribution is 0.207. The molecule has 0 aliphatic heterocycles. The Balaban J connectivity index is 2.13. The number of hydrogen-bond donors (Lipinski definition) is 1. The van der Waals surface area contributed by atoms with E-state index in [1.165, 1.54) is 9.47 Å². The van der Waals surface area contributed by atoms with Crippen molar-refractivity contribution in [2.45, 2.75) is 13.0 Å². The molecule has 1 atom stereocenters. The fraction of sp³-hybridized carbons (Fsp3) is 0.267. The average molecular weight is 286 g/mol. The van der Waals surface area contributed by atoms with Crippen molar-refractivity contribution < 1.29 is 4.79 Å². The summed E-state index contributed by atoms with van der Waals surface area (Å²) in [6.07, 6.45) is 3.32. The molecule has 2 amide bonds. The molecule has 0 aromatic carbocycles. The van der Waals surface area contributed by atoms with Gasteiger partial charge in [-0.05, 0) is 31.2 Å². The summed E-state index contributed by atoms with van der Waals surface area (Å²) in [5.74, 6) is 0. The Kier molecular flexibility index (Phi) is 4.37. The van der Waals surface area contributed by atoms with Crippen molar-refractivity contribution >= 4 is 11.7 Å². The molecule has 0 unspecified atom stereocenters. The number of amides is 2. The molecule has 2 heterocycles. The summed E-state index contributed by atoms with van der Waals surface area (Å²) in [5.41, 5.74) is 0.797. The van der Waals surface area contributed by atoms with Crippen LogP contribution in [-0.2, 0) is 7.05 Å². The number of carbonyl (C=O) groups excluding carboxylic acids is 1. The first-order chi connectivity index (χ1) is 10.0. The summed E-state index contributed by atoms with van der Waals surface area (Å²) >= 11 is 0. The van der Waals surface area contributed by atoms with Crippen LogP contribution in [0.1, 0.15) is 18.7 Å². The van der Waals surface area contributed by atoms with Crippen molar-refractivity contribution in [3.8, 4) is 0 Å². The fourth-order valence-corrected chi connectivity index (χ4v) is 1.89. The molecular weight excluding hydrogens is 268 g/mol. The van der Waals surface area contributed by atoms with Gasteiger partial charge in [-0.2, -0.15) is 0 Å². The molecule has 0 spiro atoms. The number of anilines is 1. The third-order valence-corrected chi connectivity index (χ3v) is 3.38. The van der Waals surface area contributed by atoms with Crippen LogP contribution in [0.2, 0.25) is 0 Å². The van der Waals surface area contributed by atoms with Crippen LogP contribution in [-0.4, -0.2) is 27.5 Å². The van der Waals surface area contributed by atoms with Crippen LogP contribution in [0, 0.1) is 0 Å². The number of pyridine rings is 2. The molecule has 0 saturated heterocycles. The van der Waals surface area contributed by atoms with Crippen LogP contribution in [0.25, 0.3) is 0 Å². The second-order valence-corrected chi connectivity index (χ2v) is 4.81. The molecule has 110 valence electrons. The first-order valence-corrected chi connectivity index (χ1v) is 6.61. The molecule has 2 rings (SSSR count). The summed E-state index contributed by atoms with van der Waals surface area (Å²) < 4.78 is 1.41. The number of nitrogens with one attached hydrogen (secondary N) is 1. The summed E-state index contributed by atoms with van der Waals surface area (Å²) in [7, 11) is 3.31. The summed E-state index contributed by atoms with van der Waals surface area (Å²) in [4.78, 5) is 29.9. The molecule has 0 aliphatic rings. The molecule has 1 N–H and O–H groups in total. The van der Waals surface area contributed by atoms with Crippen molar-refractivity contribution in [2.24, 2.45) is 7.05 Å². The van der Waals surface area contributed by atoms with Crippen LogP contribution < -0.4 is 10.9 Å². The van der Waals surface area contributed by atoms with Crippen LogP contribution in [0.3, 0.4) is 0 Å². The van der Waals surface area contributed by atoms with Gasteiger partial charge in [0.15, 0.2) is 0 Å². The second kappa shape index (κ2) is 6.21. The number of nitrogens with zero attached hydrogens (tertiary/aromatic N) is 3. The Morgan fingerprint density at radius 2 is 2.10 bits per heavy atom. The smallest absolute Gasteiger partial charge is 0.319 e. The number of aryl methyl sites for hydroxylation is 1. The number of urea groups is 1. The van der Waals surface area contributed by atoms with Gasteiger partial charge in [0.1, 0.15) is 5.69 Å². The third kappa shape index (κ3) is 3.28. The lowest BCUT2D eigenvalue weighted by Gasteiger charge is -2.24. The highest BCUT2D eigenvalue weighted by Crippen LogP contribution is 2.16. The molecular formula is C15H18N4O2. The average Bonchev–Trinajstić information content (AvgIpc) is 2.51. The third-order valence-electron chi connectivity index (χ3n) is 3.38. The quantitative estimate of drug-likeness (QED) is 0.938. The van der Waals surface area contributed by atoms with Gasteiger partial charge in [-0.3, -0.25) is 9.78 Å². The van der Waals surface area contributed by atoms with Crippen LogP contribution in [0.15, 0.2) is 47.5 Å². The van der Waals surface area contributed by atoms with Crippen LogP contribution in [0.4, 0.5) is 10.5 Å². The highest BCUT2D eigenvalue weighted by molar-refractivity contribution is 5.89. The summed E-state index contributed by atoms with van der Waals surface area (Å²) in [5, 5.41) is 2.63. The maximum atomic E-state index is 12.2. The van der Waals surface area contributed by atoms with Crippen LogP contribution >= 0.6 is 0 Å². The minimum absolute atomic E-state index is 0.196. The van der Waals surface area contributed by atoms with Gasteiger partial charge in [0.2, 0.25) is 0 Å².